The van der Waals surface area contributed by atoms with E-state index >= 15 is 0 Å². The van der Waals surface area contributed by atoms with E-state index in [4.69, 9.17) is 35.5 Å². The van der Waals surface area contributed by atoms with Gasteiger partial charge in [0.1, 0.15) is 23.5 Å². The summed E-state index contributed by atoms with van der Waals surface area (Å²) in [6.07, 6.45) is 14.7. The molecule has 1 aliphatic heterocycles. The predicted octanol–water partition coefficient (Wildman–Crippen LogP) is 2.33. The van der Waals surface area contributed by atoms with Gasteiger partial charge in [0.25, 0.3) is 0 Å². The average molecular weight is 866 g/mol. The predicted molar refractivity (Wildman–Crippen MR) is 235 cm³/mol. The number of amides is 1. The summed E-state index contributed by atoms with van der Waals surface area (Å²) in [6.45, 7) is 7.77. The van der Waals surface area contributed by atoms with Crippen molar-refractivity contribution < 1.29 is 28.5 Å². The fourth-order valence-corrected chi connectivity index (χ4v) is 6.96. The van der Waals surface area contributed by atoms with Crippen molar-refractivity contribution in [1.29, 1.82) is 0 Å². The van der Waals surface area contributed by atoms with Gasteiger partial charge < -0.3 is 50.5 Å². The first-order valence-corrected chi connectivity index (χ1v) is 21.3. The summed E-state index contributed by atoms with van der Waals surface area (Å²) in [5.74, 6) is 1.46. The number of ether oxygens (including phenoxy) is 4. The third-order valence-electron chi connectivity index (χ3n) is 10.3. The van der Waals surface area contributed by atoms with Crippen LogP contribution in [0.3, 0.4) is 0 Å². The quantitative estimate of drug-likeness (QED) is 0.0450. The maximum absolute atomic E-state index is 13.0. The van der Waals surface area contributed by atoms with E-state index < -0.39 is 0 Å². The number of nitrogens with zero attached hydrogens (tertiary/aromatic N) is 11. The van der Waals surface area contributed by atoms with E-state index in [-0.39, 0.29) is 18.1 Å². The second-order valence-electron chi connectivity index (χ2n) is 14.8. The number of carbonyl (C=O) groups is 2. The van der Waals surface area contributed by atoms with Gasteiger partial charge in [-0.1, -0.05) is 6.42 Å². The molecule has 0 radical (unpaired) electrons. The number of nitrogen functional groups attached to an aromatic ring is 1. The number of ketones is 1. The lowest BCUT2D eigenvalue weighted by molar-refractivity contribution is -0.122. The van der Waals surface area contributed by atoms with Gasteiger partial charge in [0, 0.05) is 112 Å². The van der Waals surface area contributed by atoms with Crippen molar-refractivity contribution in [2.75, 3.05) is 101 Å². The highest BCUT2D eigenvalue weighted by Gasteiger charge is 2.22. The minimum absolute atomic E-state index is 0.0115. The summed E-state index contributed by atoms with van der Waals surface area (Å²) >= 11 is 0. The molecule has 0 atom stereocenters. The van der Waals surface area contributed by atoms with Crippen LogP contribution in [0.4, 0.5) is 17.7 Å². The molecule has 0 aliphatic carbocycles. The summed E-state index contributed by atoms with van der Waals surface area (Å²) in [6, 6.07) is 3.98. The van der Waals surface area contributed by atoms with Crippen LogP contribution in [-0.2, 0) is 36.8 Å². The van der Waals surface area contributed by atoms with Crippen LogP contribution in [0.1, 0.15) is 48.0 Å². The van der Waals surface area contributed by atoms with Gasteiger partial charge in [-0.15, -0.1) is 0 Å². The molecule has 21 heteroatoms. The van der Waals surface area contributed by atoms with Gasteiger partial charge in [-0.25, -0.2) is 39.6 Å². The number of piperazine rings is 1. The van der Waals surface area contributed by atoms with Crippen molar-refractivity contribution in [3.8, 4) is 11.3 Å². The molecule has 0 bridgehead atoms. The number of unbranched alkanes of at least 4 members (excludes halogenated alkanes) is 2. The number of Topliss-reactive ketones (excluding diaryl/α,β-unsaturated/α-hetero) is 1. The molecule has 63 heavy (non-hydrogen) atoms. The third-order valence-corrected chi connectivity index (χ3v) is 10.3. The van der Waals surface area contributed by atoms with Crippen LogP contribution in [0.5, 0.6) is 0 Å². The van der Waals surface area contributed by atoms with Gasteiger partial charge in [0.2, 0.25) is 17.8 Å². The molecule has 0 unspecified atom stereocenters. The van der Waals surface area contributed by atoms with E-state index in [9.17, 15) is 9.59 Å². The summed E-state index contributed by atoms with van der Waals surface area (Å²) in [5.41, 5.74) is 15.9. The van der Waals surface area contributed by atoms with Crippen molar-refractivity contribution in [3.63, 3.8) is 0 Å². The number of hydrogen-bond donors (Lipinski definition) is 4. The number of aromatic amines is 1. The number of fused-ring (bicyclic) bond motifs is 2. The standard InChI is InChI=1S/C42H55N15O6/c43-7-15-61-17-19-63-21-20-62-18-16-60-14-6-35(59)46-23-30-24-48-41(49-25-30)55-10-12-56(13-11-55)42-50-27-33(28-51-42)34(58)4-2-1-3-9-57-40-36(38(44)52-29-53-40)37(54-57)32-22-31-5-8-45-39(31)47-26-32/h5,8,22,24-29H,1-4,6-7,9-21,23,43H2,(H,45,47)(H,46,59)(H2,44,52,53). The highest BCUT2D eigenvalue weighted by Crippen LogP contribution is 2.31. The zero-order valence-electron chi connectivity index (χ0n) is 35.4. The molecule has 6 aromatic rings. The summed E-state index contributed by atoms with van der Waals surface area (Å²) in [4.78, 5) is 63.9. The Hall–Kier alpha value is -6.26. The lowest BCUT2D eigenvalue weighted by Crippen LogP contribution is -2.47. The van der Waals surface area contributed by atoms with Gasteiger partial charge in [-0.2, -0.15) is 5.10 Å². The molecule has 0 spiro atoms. The Balaban J connectivity index is 0.757. The van der Waals surface area contributed by atoms with E-state index in [2.05, 4.69) is 55.0 Å². The maximum atomic E-state index is 13.0. The Labute approximate surface area is 364 Å². The number of carbonyl (C=O) groups excluding carboxylic acids is 2. The smallest absolute Gasteiger partial charge is 0.225 e. The second-order valence-corrected chi connectivity index (χ2v) is 14.8. The molecule has 6 N–H and O–H groups in total. The SMILES string of the molecule is NCCOCCOCCOCCOCCC(=O)NCc1cnc(N2CCN(c3ncc(C(=O)CCCCCn4nc(-c5cnc6[nH]ccc6c5)c5c(N)ncnc54)cn3)CC2)nc1. The topological polar surface area (TPSA) is 265 Å². The Morgan fingerprint density at radius 2 is 1.38 bits per heavy atom. The van der Waals surface area contributed by atoms with Gasteiger partial charge in [0.15, 0.2) is 11.4 Å². The highest BCUT2D eigenvalue weighted by molar-refractivity contribution is 5.99. The molecule has 334 valence electrons. The highest BCUT2D eigenvalue weighted by atomic mass is 16.6. The van der Waals surface area contributed by atoms with Crippen LogP contribution in [0.25, 0.3) is 33.3 Å². The van der Waals surface area contributed by atoms with Crippen LogP contribution in [-0.4, -0.2) is 147 Å². The summed E-state index contributed by atoms with van der Waals surface area (Å²) < 4.78 is 23.4. The van der Waals surface area contributed by atoms with Crippen LogP contribution in [0.15, 0.2) is 55.6 Å². The molecule has 0 saturated carbocycles. The lowest BCUT2D eigenvalue weighted by atomic mass is 10.1. The molecule has 7 rings (SSSR count). The molecule has 1 saturated heterocycles. The van der Waals surface area contributed by atoms with Crippen molar-refractivity contribution in [1.82, 2.24) is 55.0 Å². The van der Waals surface area contributed by atoms with Gasteiger partial charge in [-0.05, 0) is 25.0 Å². The van der Waals surface area contributed by atoms with Gasteiger partial charge >= 0.3 is 0 Å². The fourth-order valence-electron chi connectivity index (χ4n) is 6.96. The number of H-pyrrole nitrogens is 1. The molecule has 0 aromatic carbocycles. The van der Waals surface area contributed by atoms with Gasteiger partial charge in [0.05, 0.1) is 63.8 Å². The van der Waals surface area contributed by atoms with Crippen LogP contribution in [0, 0.1) is 0 Å². The Morgan fingerprint density at radius 1 is 0.730 bits per heavy atom. The largest absolute Gasteiger partial charge is 0.383 e. The lowest BCUT2D eigenvalue weighted by Gasteiger charge is -2.34. The Kier molecular flexibility index (Phi) is 16.5. The molecular formula is C42H55N15O6. The van der Waals surface area contributed by atoms with E-state index in [1.54, 1.807) is 31.0 Å². The number of pyridine rings is 1. The number of nitrogens with two attached hydrogens (primary N) is 2. The van der Waals surface area contributed by atoms with Crippen LogP contribution in [0.2, 0.25) is 0 Å². The molecule has 1 amide bonds. The number of hydrogen-bond acceptors (Lipinski definition) is 18. The fraction of sp³-hybridized carbons (Fsp3) is 0.476. The first-order valence-electron chi connectivity index (χ1n) is 21.3. The average Bonchev–Trinajstić information content (AvgIpc) is 3.95. The number of anilines is 3. The molecular weight excluding hydrogens is 811 g/mol. The van der Waals surface area contributed by atoms with E-state index in [1.807, 2.05) is 23.0 Å². The number of nitrogens with one attached hydrogen (secondary N) is 2. The zero-order valence-corrected chi connectivity index (χ0v) is 35.4. The summed E-state index contributed by atoms with van der Waals surface area (Å²) in [5, 5.41) is 9.42. The molecule has 7 heterocycles. The molecule has 1 aliphatic rings. The van der Waals surface area contributed by atoms with Crippen LogP contribution < -0.4 is 26.6 Å². The monoisotopic (exact) mass is 865 g/mol. The van der Waals surface area contributed by atoms with E-state index in [0.717, 1.165) is 41.4 Å². The first-order chi connectivity index (χ1) is 31.0. The third kappa shape index (κ3) is 12.7. The van der Waals surface area contributed by atoms with Crippen molar-refractivity contribution in [3.05, 3.63) is 66.8 Å². The van der Waals surface area contributed by atoms with Crippen LogP contribution >= 0.6 is 0 Å². The Morgan fingerprint density at radius 3 is 2.06 bits per heavy atom. The number of rotatable bonds is 26. The first kappa shape index (κ1) is 44.8. The minimum atomic E-state index is -0.119. The molecule has 21 nitrogen and oxygen atoms in total. The Bertz CT molecular complexity index is 2350. The van der Waals surface area contributed by atoms with Gasteiger partial charge in [-0.3, -0.25) is 9.59 Å². The molecule has 6 aromatic heterocycles. The molecule has 1 fully saturated rings. The minimum Gasteiger partial charge on any atom is -0.383 e. The van der Waals surface area contributed by atoms with E-state index in [1.165, 1.54) is 6.33 Å². The van der Waals surface area contributed by atoms with Crippen molar-refractivity contribution in [2.24, 2.45) is 5.73 Å². The second kappa shape index (κ2) is 23.3. The van der Waals surface area contributed by atoms with E-state index in [0.29, 0.717) is 145 Å². The maximum Gasteiger partial charge on any atom is 0.225 e. The number of aromatic nitrogens is 10. The zero-order chi connectivity index (χ0) is 43.6. The van der Waals surface area contributed by atoms with Crippen molar-refractivity contribution >= 4 is 51.5 Å². The number of aryl methyl sites for hydroxylation is 1. The normalized spacial score (nSPS) is 13.0. The summed E-state index contributed by atoms with van der Waals surface area (Å²) in [7, 11) is 0. The van der Waals surface area contributed by atoms with Crippen molar-refractivity contribution in [2.45, 2.75) is 45.2 Å².